The predicted molar refractivity (Wildman–Crippen MR) is 95.1 cm³/mol. The lowest BCUT2D eigenvalue weighted by molar-refractivity contribution is -0.369. The maximum atomic E-state index is 13.3. The van der Waals surface area contributed by atoms with Gasteiger partial charge >= 0.3 is 0 Å². The van der Waals surface area contributed by atoms with E-state index in [0.717, 1.165) is 25.3 Å². The molecule has 0 aliphatic rings. The van der Waals surface area contributed by atoms with Crippen molar-refractivity contribution in [3.8, 4) is 0 Å². The van der Waals surface area contributed by atoms with Gasteiger partial charge in [-0.05, 0) is 37.0 Å². The van der Waals surface area contributed by atoms with Gasteiger partial charge in [0.2, 0.25) is 0 Å². The summed E-state index contributed by atoms with van der Waals surface area (Å²) >= 11 is 0. The molecule has 0 amide bonds. The van der Waals surface area contributed by atoms with E-state index in [9.17, 15) is 13.9 Å². The Kier molecular flexibility index (Phi) is 10.2. The fourth-order valence-electron chi connectivity index (χ4n) is 3.19. The van der Waals surface area contributed by atoms with E-state index < -0.39 is 17.6 Å². The average Bonchev–Trinajstić information content (AvgIpc) is 2.59. The minimum absolute atomic E-state index is 0.264. The highest BCUT2D eigenvalue weighted by molar-refractivity contribution is 5.18. The Balaban J connectivity index is 2.61. The molecule has 1 atom stereocenters. The third-order valence-corrected chi connectivity index (χ3v) is 4.71. The van der Waals surface area contributed by atoms with Gasteiger partial charge in [0.1, 0.15) is 11.6 Å². The maximum Gasteiger partial charge on any atom is 0.282 e. The van der Waals surface area contributed by atoms with Crippen LogP contribution >= 0.6 is 0 Å². The number of hydrogen-bond acceptors (Lipinski definition) is 3. The molecule has 1 N–H and O–H groups in total. The Bertz CT molecular complexity index is 470. The van der Waals surface area contributed by atoms with Gasteiger partial charge in [-0.25, -0.2) is 8.78 Å². The summed E-state index contributed by atoms with van der Waals surface area (Å²) in [6, 6.07) is 3.50. The second-order valence-corrected chi connectivity index (χ2v) is 6.61. The van der Waals surface area contributed by atoms with Crippen molar-refractivity contribution < 1.29 is 23.4 Å². The summed E-state index contributed by atoms with van der Waals surface area (Å²) in [7, 11) is 2.80. The molecule has 0 radical (unpaired) electrons. The third-order valence-electron chi connectivity index (χ3n) is 4.71. The lowest BCUT2D eigenvalue weighted by atomic mass is 9.91. The van der Waals surface area contributed by atoms with Crippen LogP contribution in [-0.2, 0) is 15.9 Å². The van der Waals surface area contributed by atoms with Gasteiger partial charge in [-0.3, -0.25) is 0 Å². The van der Waals surface area contributed by atoms with Gasteiger partial charge in [-0.15, -0.1) is 0 Å². The number of aryl methyl sites for hydroxylation is 1. The standard InChI is InChI=1S/C20H32F2O3/c1-4-5-6-7-8-9-10-17(20(23,24-2)25-3)12-11-16-13-18(21)15-19(22)14-16/h13-15,17,23H,4-12H2,1-3H3. The molecule has 0 aliphatic carbocycles. The van der Waals surface area contributed by atoms with Gasteiger partial charge in [-0.2, -0.15) is 0 Å². The largest absolute Gasteiger partial charge is 0.343 e. The zero-order valence-electron chi connectivity index (χ0n) is 15.7. The van der Waals surface area contributed by atoms with Crippen molar-refractivity contribution in [2.24, 2.45) is 5.92 Å². The van der Waals surface area contributed by atoms with Gasteiger partial charge < -0.3 is 14.6 Å². The van der Waals surface area contributed by atoms with Gasteiger partial charge in [0.15, 0.2) is 0 Å². The molecule has 5 heteroatoms. The highest BCUT2D eigenvalue weighted by Crippen LogP contribution is 2.30. The fourth-order valence-corrected chi connectivity index (χ4v) is 3.19. The van der Waals surface area contributed by atoms with E-state index in [1.165, 1.54) is 52.0 Å². The number of aliphatic hydroxyl groups is 1. The van der Waals surface area contributed by atoms with E-state index in [1.807, 2.05) is 0 Å². The summed E-state index contributed by atoms with van der Waals surface area (Å²) in [5.74, 6) is -3.11. The molecular formula is C20H32F2O3. The number of unbranched alkanes of at least 4 members (excludes halogenated alkanes) is 5. The Hall–Kier alpha value is -1.04. The quantitative estimate of drug-likeness (QED) is 0.389. The second kappa shape index (κ2) is 11.6. The lowest BCUT2D eigenvalue weighted by Gasteiger charge is -2.33. The summed E-state index contributed by atoms with van der Waals surface area (Å²) in [4.78, 5) is 0. The van der Waals surface area contributed by atoms with E-state index in [2.05, 4.69) is 6.92 Å². The first-order chi connectivity index (χ1) is 11.9. The maximum absolute atomic E-state index is 13.3. The molecule has 0 aromatic heterocycles. The molecule has 1 unspecified atom stereocenters. The molecule has 1 aromatic rings. The van der Waals surface area contributed by atoms with Crippen LogP contribution in [0.4, 0.5) is 8.78 Å². The van der Waals surface area contributed by atoms with Crippen LogP contribution in [0.1, 0.15) is 63.9 Å². The predicted octanol–water partition coefficient (Wildman–Crippen LogP) is 5.20. The SMILES string of the molecule is CCCCCCCCC(CCc1cc(F)cc(F)c1)C(O)(OC)OC. The fraction of sp³-hybridized carbons (Fsp3) is 0.700. The number of rotatable bonds is 13. The van der Waals surface area contributed by atoms with Crippen molar-refractivity contribution in [3.05, 3.63) is 35.4 Å². The first kappa shape index (κ1) is 22.0. The van der Waals surface area contributed by atoms with Crippen LogP contribution < -0.4 is 0 Å². The zero-order chi connectivity index (χ0) is 18.7. The molecule has 0 saturated heterocycles. The lowest BCUT2D eigenvalue weighted by Crippen LogP contribution is -2.42. The molecular weight excluding hydrogens is 326 g/mol. The summed E-state index contributed by atoms with van der Waals surface area (Å²) in [6.45, 7) is 2.18. The van der Waals surface area contributed by atoms with E-state index >= 15 is 0 Å². The number of ether oxygens (including phenoxy) is 2. The summed E-state index contributed by atoms with van der Waals surface area (Å²) < 4.78 is 37.0. The van der Waals surface area contributed by atoms with Crippen LogP contribution in [0.2, 0.25) is 0 Å². The number of halogens is 2. The zero-order valence-corrected chi connectivity index (χ0v) is 15.7. The molecule has 0 aliphatic heterocycles. The van der Waals surface area contributed by atoms with Gasteiger partial charge in [0, 0.05) is 26.2 Å². The number of hydrogen-bond donors (Lipinski definition) is 1. The van der Waals surface area contributed by atoms with Crippen molar-refractivity contribution in [2.45, 2.75) is 70.7 Å². The van der Waals surface area contributed by atoms with Crippen LogP contribution in [0.5, 0.6) is 0 Å². The first-order valence-corrected chi connectivity index (χ1v) is 9.22. The molecule has 3 nitrogen and oxygen atoms in total. The van der Waals surface area contributed by atoms with Crippen LogP contribution in [0, 0.1) is 17.6 Å². The van der Waals surface area contributed by atoms with E-state index in [1.54, 1.807) is 0 Å². The normalized spacial score (nSPS) is 13.2. The first-order valence-electron chi connectivity index (χ1n) is 9.22. The minimum Gasteiger partial charge on any atom is -0.343 e. The van der Waals surface area contributed by atoms with E-state index in [-0.39, 0.29) is 5.92 Å². The molecule has 0 spiro atoms. The second-order valence-electron chi connectivity index (χ2n) is 6.61. The van der Waals surface area contributed by atoms with Gasteiger partial charge in [-0.1, -0.05) is 45.4 Å². The van der Waals surface area contributed by atoms with Crippen molar-refractivity contribution in [1.82, 2.24) is 0 Å². The Morgan fingerprint density at radius 1 is 0.920 bits per heavy atom. The van der Waals surface area contributed by atoms with Crippen molar-refractivity contribution in [1.29, 1.82) is 0 Å². The van der Waals surface area contributed by atoms with Crippen molar-refractivity contribution in [2.75, 3.05) is 14.2 Å². The minimum atomic E-state index is -1.67. The van der Waals surface area contributed by atoms with Gasteiger partial charge in [0.25, 0.3) is 5.97 Å². The average molecular weight is 358 g/mol. The molecule has 25 heavy (non-hydrogen) atoms. The number of benzene rings is 1. The molecule has 0 heterocycles. The highest BCUT2D eigenvalue weighted by Gasteiger charge is 2.36. The molecule has 1 aromatic carbocycles. The van der Waals surface area contributed by atoms with E-state index in [4.69, 9.17) is 9.47 Å². The summed E-state index contributed by atoms with van der Waals surface area (Å²) in [5, 5.41) is 10.5. The van der Waals surface area contributed by atoms with Crippen molar-refractivity contribution in [3.63, 3.8) is 0 Å². The topological polar surface area (TPSA) is 38.7 Å². The monoisotopic (exact) mass is 358 g/mol. The van der Waals surface area contributed by atoms with Gasteiger partial charge in [0.05, 0.1) is 0 Å². The Morgan fingerprint density at radius 3 is 2.04 bits per heavy atom. The van der Waals surface area contributed by atoms with Crippen molar-refractivity contribution >= 4 is 0 Å². The van der Waals surface area contributed by atoms with Crippen LogP contribution in [0.25, 0.3) is 0 Å². The summed E-state index contributed by atoms with van der Waals surface area (Å²) in [6.07, 6.45) is 8.61. The molecule has 0 bridgehead atoms. The number of methoxy groups -OCH3 is 2. The van der Waals surface area contributed by atoms with Crippen LogP contribution in [0.15, 0.2) is 18.2 Å². The van der Waals surface area contributed by atoms with Crippen LogP contribution in [-0.4, -0.2) is 25.3 Å². The van der Waals surface area contributed by atoms with E-state index in [0.29, 0.717) is 18.4 Å². The Morgan fingerprint density at radius 2 is 1.48 bits per heavy atom. The molecule has 144 valence electrons. The summed E-state index contributed by atoms with van der Waals surface area (Å²) in [5.41, 5.74) is 0.569. The molecule has 0 fully saturated rings. The highest BCUT2D eigenvalue weighted by atomic mass is 19.1. The third kappa shape index (κ3) is 7.80. The molecule has 0 saturated carbocycles. The Labute approximate surface area is 150 Å². The smallest absolute Gasteiger partial charge is 0.282 e. The van der Waals surface area contributed by atoms with Crippen LogP contribution in [0.3, 0.4) is 0 Å². The molecule has 1 rings (SSSR count).